The average Bonchev–Trinajstić information content (AvgIpc) is 2.38. The molecule has 1 aromatic heterocycles. The van der Waals surface area contributed by atoms with Gasteiger partial charge in [-0.1, -0.05) is 12.1 Å². The van der Waals surface area contributed by atoms with Gasteiger partial charge in [-0.2, -0.15) is 5.26 Å². The van der Waals surface area contributed by atoms with Crippen LogP contribution < -0.4 is 5.32 Å². The maximum atomic E-state index is 9.10. The van der Waals surface area contributed by atoms with Crippen LogP contribution in [0, 0.1) is 11.3 Å². The van der Waals surface area contributed by atoms with Crippen LogP contribution in [0.5, 0.6) is 0 Å². The molecular formula is C14H16N4O. The summed E-state index contributed by atoms with van der Waals surface area (Å²) in [7, 11) is 0. The highest BCUT2D eigenvalue weighted by atomic mass is 16.2. The van der Waals surface area contributed by atoms with Crippen molar-refractivity contribution >= 4 is 16.6 Å². The van der Waals surface area contributed by atoms with Crippen LogP contribution in [0.15, 0.2) is 18.2 Å². The number of nitriles is 1. The molecule has 2 aromatic rings. The van der Waals surface area contributed by atoms with Gasteiger partial charge in [-0.05, 0) is 31.9 Å². The molecule has 1 heterocycles. The largest absolute Gasteiger partial charge is 0.396 e. The molecule has 5 nitrogen and oxygen atoms in total. The van der Waals surface area contributed by atoms with Crippen LogP contribution in [0.3, 0.4) is 0 Å². The lowest BCUT2D eigenvalue weighted by atomic mass is 10.1. The molecule has 0 aliphatic rings. The topological polar surface area (TPSA) is 81.8 Å². The van der Waals surface area contributed by atoms with Crippen molar-refractivity contribution in [1.29, 1.82) is 5.26 Å². The number of benzene rings is 1. The van der Waals surface area contributed by atoms with Crippen LogP contribution in [-0.2, 0) is 6.42 Å². The van der Waals surface area contributed by atoms with Crippen molar-refractivity contribution in [3.8, 4) is 6.07 Å². The summed E-state index contributed by atoms with van der Waals surface area (Å²) in [5, 5.41) is 30.2. The number of rotatable bonds is 4. The SMILES string of the molecule is CC(C)Nc1c(C#N)nnc2cc(CCO)ccc12. The second kappa shape index (κ2) is 5.63. The second-order valence-electron chi connectivity index (χ2n) is 4.66. The zero-order chi connectivity index (χ0) is 13.8. The van der Waals surface area contributed by atoms with E-state index in [0.29, 0.717) is 12.1 Å². The number of aliphatic hydroxyl groups is 1. The fourth-order valence-electron chi connectivity index (χ4n) is 1.95. The molecule has 0 saturated carbocycles. The third-order valence-corrected chi connectivity index (χ3v) is 2.77. The predicted molar refractivity (Wildman–Crippen MR) is 73.8 cm³/mol. The van der Waals surface area contributed by atoms with E-state index in [-0.39, 0.29) is 12.6 Å². The Hall–Kier alpha value is -2.19. The molecular weight excluding hydrogens is 240 g/mol. The summed E-state index contributed by atoms with van der Waals surface area (Å²) in [4.78, 5) is 0. The van der Waals surface area contributed by atoms with Crippen molar-refractivity contribution in [2.24, 2.45) is 0 Å². The van der Waals surface area contributed by atoms with Crippen LogP contribution in [0.2, 0.25) is 0 Å². The van der Waals surface area contributed by atoms with Crippen molar-refractivity contribution in [3.05, 3.63) is 29.5 Å². The van der Waals surface area contributed by atoms with E-state index in [2.05, 4.69) is 21.6 Å². The van der Waals surface area contributed by atoms with Gasteiger partial charge >= 0.3 is 0 Å². The van der Waals surface area contributed by atoms with Gasteiger partial charge in [0.2, 0.25) is 0 Å². The van der Waals surface area contributed by atoms with Crippen molar-refractivity contribution in [1.82, 2.24) is 10.2 Å². The van der Waals surface area contributed by atoms with E-state index in [1.807, 2.05) is 32.0 Å². The Morgan fingerprint density at radius 2 is 2.16 bits per heavy atom. The minimum absolute atomic E-state index is 0.103. The smallest absolute Gasteiger partial charge is 0.186 e. The first-order valence-electron chi connectivity index (χ1n) is 6.22. The molecule has 19 heavy (non-hydrogen) atoms. The lowest BCUT2D eigenvalue weighted by Crippen LogP contribution is -2.12. The molecule has 0 atom stereocenters. The molecule has 0 bridgehead atoms. The van der Waals surface area contributed by atoms with Gasteiger partial charge in [0.15, 0.2) is 5.69 Å². The standard InChI is InChI=1S/C14H16N4O/c1-9(2)16-14-11-4-3-10(5-6-19)7-12(11)17-18-13(14)8-15/h3-4,7,9,19H,5-6H2,1-2H3,(H,16,17). The first-order valence-corrected chi connectivity index (χ1v) is 6.22. The molecule has 1 aromatic carbocycles. The first kappa shape index (κ1) is 13.2. The van der Waals surface area contributed by atoms with Gasteiger partial charge in [0, 0.05) is 18.0 Å². The van der Waals surface area contributed by atoms with E-state index < -0.39 is 0 Å². The number of anilines is 1. The fourth-order valence-corrected chi connectivity index (χ4v) is 1.95. The monoisotopic (exact) mass is 256 g/mol. The Labute approximate surface area is 111 Å². The summed E-state index contributed by atoms with van der Waals surface area (Å²) < 4.78 is 0. The van der Waals surface area contributed by atoms with Gasteiger partial charge in [-0.25, -0.2) is 0 Å². The summed E-state index contributed by atoms with van der Waals surface area (Å²) in [6.07, 6.45) is 0.588. The zero-order valence-corrected chi connectivity index (χ0v) is 11.0. The Morgan fingerprint density at radius 3 is 2.79 bits per heavy atom. The van der Waals surface area contributed by atoms with Gasteiger partial charge in [-0.15, -0.1) is 10.2 Å². The molecule has 98 valence electrons. The number of aliphatic hydroxyl groups excluding tert-OH is 1. The summed E-state index contributed by atoms with van der Waals surface area (Å²) in [6.45, 7) is 4.12. The molecule has 0 aliphatic heterocycles. The molecule has 2 rings (SSSR count). The molecule has 0 aliphatic carbocycles. The highest BCUT2D eigenvalue weighted by Gasteiger charge is 2.11. The van der Waals surface area contributed by atoms with Gasteiger partial charge < -0.3 is 10.4 Å². The van der Waals surface area contributed by atoms with Crippen molar-refractivity contribution in [2.75, 3.05) is 11.9 Å². The van der Waals surface area contributed by atoms with Crippen LogP contribution in [0.25, 0.3) is 10.9 Å². The van der Waals surface area contributed by atoms with E-state index in [9.17, 15) is 0 Å². The maximum absolute atomic E-state index is 9.10. The number of hydrogen-bond donors (Lipinski definition) is 2. The van der Waals surface area contributed by atoms with Crippen molar-refractivity contribution in [2.45, 2.75) is 26.3 Å². The zero-order valence-electron chi connectivity index (χ0n) is 11.0. The van der Waals surface area contributed by atoms with Crippen molar-refractivity contribution in [3.63, 3.8) is 0 Å². The molecule has 0 fully saturated rings. The van der Waals surface area contributed by atoms with Crippen LogP contribution in [0.4, 0.5) is 5.69 Å². The van der Waals surface area contributed by atoms with Gasteiger partial charge in [0.1, 0.15) is 6.07 Å². The average molecular weight is 256 g/mol. The molecule has 0 unspecified atom stereocenters. The lowest BCUT2D eigenvalue weighted by molar-refractivity contribution is 0.299. The second-order valence-corrected chi connectivity index (χ2v) is 4.66. The van der Waals surface area contributed by atoms with Crippen molar-refractivity contribution < 1.29 is 5.11 Å². The summed E-state index contributed by atoms with van der Waals surface area (Å²) in [5.41, 5.74) is 2.76. The van der Waals surface area contributed by atoms with E-state index in [0.717, 1.165) is 22.2 Å². The summed E-state index contributed by atoms with van der Waals surface area (Å²) in [6, 6.07) is 8.01. The first-order chi connectivity index (χ1) is 9.15. The Bertz CT molecular complexity index is 631. The minimum atomic E-state index is 0.103. The third-order valence-electron chi connectivity index (χ3n) is 2.77. The highest BCUT2D eigenvalue weighted by molar-refractivity contribution is 5.93. The quantitative estimate of drug-likeness (QED) is 0.872. The fraction of sp³-hybridized carbons (Fsp3) is 0.357. The van der Waals surface area contributed by atoms with E-state index >= 15 is 0 Å². The van der Waals surface area contributed by atoms with Crippen LogP contribution in [0.1, 0.15) is 25.1 Å². The third kappa shape index (κ3) is 2.80. The van der Waals surface area contributed by atoms with E-state index in [4.69, 9.17) is 10.4 Å². The van der Waals surface area contributed by atoms with E-state index in [1.54, 1.807) is 0 Å². The normalized spacial score (nSPS) is 10.7. The van der Waals surface area contributed by atoms with Crippen LogP contribution in [-0.4, -0.2) is 28.0 Å². The molecule has 5 heteroatoms. The number of hydrogen-bond acceptors (Lipinski definition) is 5. The summed E-state index contributed by atoms with van der Waals surface area (Å²) >= 11 is 0. The highest BCUT2D eigenvalue weighted by Crippen LogP contribution is 2.25. The van der Waals surface area contributed by atoms with Gasteiger partial charge in [0.25, 0.3) is 0 Å². The molecule has 0 amide bonds. The van der Waals surface area contributed by atoms with E-state index in [1.165, 1.54) is 0 Å². The summed E-state index contributed by atoms with van der Waals surface area (Å²) in [5.74, 6) is 0. The number of fused-ring (bicyclic) bond motifs is 1. The van der Waals surface area contributed by atoms with Crippen LogP contribution >= 0.6 is 0 Å². The maximum Gasteiger partial charge on any atom is 0.186 e. The number of nitrogens with zero attached hydrogens (tertiary/aromatic N) is 3. The molecule has 0 spiro atoms. The molecule has 0 saturated heterocycles. The Kier molecular flexibility index (Phi) is 3.93. The van der Waals surface area contributed by atoms with Gasteiger partial charge in [0.05, 0.1) is 11.2 Å². The lowest BCUT2D eigenvalue weighted by Gasteiger charge is -2.13. The Balaban J connectivity index is 2.58. The molecule has 2 N–H and O–H groups in total. The Morgan fingerprint density at radius 1 is 1.37 bits per heavy atom. The number of aromatic nitrogens is 2. The van der Waals surface area contributed by atoms with Gasteiger partial charge in [-0.3, -0.25) is 0 Å². The predicted octanol–water partition coefficient (Wildman–Crippen LogP) is 1.86. The minimum Gasteiger partial charge on any atom is -0.396 e. The molecule has 0 radical (unpaired) electrons. The number of nitrogens with one attached hydrogen (secondary N) is 1.